The number of hydrogen-bond donors (Lipinski definition) is 2. The summed E-state index contributed by atoms with van der Waals surface area (Å²) in [4.78, 5) is 22.0. The Kier molecular flexibility index (Phi) is 6.60. The van der Waals surface area contributed by atoms with Gasteiger partial charge in [-0.3, -0.25) is 9.59 Å². The summed E-state index contributed by atoms with van der Waals surface area (Å²) in [7, 11) is 0. The minimum absolute atomic E-state index is 0.225. The molecule has 1 aliphatic rings. The Labute approximate surface area is 146 Å². The van der Waals surface area contributed by atoms with Gasteiger partial charge in [-0.05, 0) is 46.4 Å². The molecule has 1 aliphatic heterocycles. The van der Waals surface area contributed by atoms with E-state index >= 15 is 0 Å². The van der Waals surface area contributed by atoms with Crippen LogP contribution in [0.2, 0.25) is 0 Å². The maximum absolute atomic E-state index is 11.0. The Balaban J connectivity index is 2.12. The summed E-state index contributed by atoms with van der Waals surface area (Å²) in [6.07, 6.45) is -0.909. The van der Waals surface area contributed by atoms with E-state index in [9.17, 15) is 9.59 Å². The fourth-order valence-electron chi connectivity index (χ4n) is 2.31. The van der Waals surface area contributed by atoms with Gasteiger partial charge in [-0.2, -0.15) is 0 Å². The summed E-state index contributed by atoms with van der Waals surface area (Å²) in [6.45, 7) is 1.29. The highest BCUT2D eigenvalue weighted by Crippen LogP contribution is 2.31. The second-order valence-corrected chi connectivity index (χ2v) is 6.22. The molecule has 1 heterocycles. The lowest BCUT2D eigenvalue weighted by Gasteiger charge is -2.17. The van der Waals surface area contributed by atoms with Gasteiger partial charge in [0.15, 0.2) is 6.29 Å². The van der Waals surface area contributed by atoms with Crippen molar-refractivity contribution >= 4 is 34.5 Å². The van der Waals surface area contributed by atoms with E-state index in [0.717, 1.165) is 3.57 Å². The second kappa shape index (κ2) is 8.46. The minimum atomic E-state index is -1.04. The number of halogens is 1. The first-order valence-electron chi connectivity index (χ1n) is 7.04. The maximum Gasteiger partial charge on any atom is 0.303 e. The van der Waals surface area contributed by atoms with Crippen molar-refractivity contribution in [1.29, 1.82) is 0 Å². The van der Waals surface area contributed by atoms with Gasteiger partial charge in [-0.15, -0.1) is 0 Å². The predicted molar refractivity (Wildman–Crippen MR) is 87.6 cm³/mol. The second-order valence-electron chi connectivity index (χ2n) is 5.06. The molecule has 7 nitrogen and oxygen atoms in total. The van der Waals surface area contributed by atoms with Gasteiger partial charge in [0, 0.05) is 9.49 Å². The molecule has 0 radical (unpaired) electrons. The molecule has 1 fully saturated rings. The molecule has 1 aromatic carbocycles. The number of ether oxygens (including phenoxy) is 3. The van der Waals surface area contributed by atoms with Crippen LogP contribution in [0.1, 0.15) is 24.3 Å². The quantitative estimate of drug-likeness (QED) is 0.602. The fraction of sp³-hybridized carbons (Fsp3) is 0.467. The van der Waals surface area contributed by atoms with Crippen LogP contribution >= 0.6 is 22.6 Å². The van der Waals surface area contributed by atoms with Gasteiger partial charge in [0.25, 0.3) is 0 Å². The van der Waals surface area contributed by atoms with Gasteiger partial charge in [0.05, 0.1) is 26.1 Å². The van der Waals surface area contributed by atoms with Crippen LogP contribution in [-0.4, -0.2) is 48.3 Å². The van der Waals surface area contributed by atoms with Crippen molar-refractivity contribution in [3.05, 3.63) is 27.3 Å². The first-order chi connectivity index (χ1) is 11.0. The number of carboxylic acids is 2. The molecular formula is C15H17IO7. The standard InChI is InChI=1S/C15H17IO7/c16-12-2-1-10(23-8-15-21-3-4-22-15)7-11(12)9(5-13(17)18)6-14(19)20/h1-2,7,9,15H,3-6,8H2,(H,17,18)(H,19,20). The van der Waals surface area contributed by atoms with Crippen LogP contribution in [0.15, 0.2) is 18.2 Å². The molecule has 23 heavy (non-hydrogen) atoms. The third-order valence-electron chi connectivity index (χ3n) is 3.33. The van der Waals surface area contributed by atoms with E-state index in [1.807, 2.05) is 0 Å². The smallest absolute Gasteiger partial charge is 0.303 e. The molecule has 0 unspecified atom stereocenters. The predicted octanol–water partition coefficient (Wildman–Crippen LogP) is 2.08. The van der Waals surface area contributed by atoms with E-state index in [-0.39, 0.29) is 19.4 Å². The number of aliphatic carboxylic acids is 2. The summed E-state index contributed by atoms with van der Waals surface area (Å²) < 4.78 is 17.0. The van der Waals surface area contributed by atoms with Crippen LogP contribution in [0.4, 0.5) is 0 Å². The summed E-state index contributed by atoms with van der Waals surface area (Å²) in [5, 5.41) is 18.0. The number of carboxylic acid groups (broad SMARTS) is 2. The lowest BCUT2D eigenvalue weighted by molar-refractivity contribution is -0.139. The molecule has 2 rings (SSSR count). The number of hydrogen-bond acceptors (Lipinski definition) is 5. The average molecular weight is 436 g/mol. The third-order valence-corrected chi connectivity index (χ3v) is 4.31. The molecule has 0 aliphatic carbocycles. The van der Waals surface area contributed by atoms with Crippen molar-refractivity contribution in [3.63, 3.8) is 0 Å². The molecule has 2 N–H and O–H groups in total. The van der Waals surface area contributed by atoms with E-state index < -0.39 is 24.1 Å². The lowest BCUT2D eigenvalue weighted by atomic mass is 9.92. The normalized spacial score (nSPS) is 15.0. The summed E-state index contributed by atoms with van der Waals surface area (Å²) >= 11 is 2.06. The molecule has 126 valence electrons. The van der Waals surface area contributed by atoms with Gasteiger partial charge >= 0.3 is 11.9 Å². The molecule has 1 aromatic rings. The first kappa shape index (κ1) is 18.0. The van der Waals surface area contributed by atoms with Gasteiger partial charge in [-0.1, -0.05) is 0 Å². The molecule has 0 atom stereocenters. The van der Waals surface area contributed by atoms with Crippen molar-refractivity contribution in [3.8, 4) is 5.75 Å². The van der Waals surface area contributed by atoms with E-state index in [1.165, 1.54) is 0 Å². The fourth-order valence-corrected chi connectivity index (χ4v) is 3.08. The highest BCUT2D eigenvalue weighted by Gasteiger charge is 2.22. The Hall–Kier alpha value is -1.39. The number of benzene rings is 1. The van der Waals surface area contributed by atoms with Crippen molar-refractivity contribution in [2.24, 2.45) is 0 Å². The van der Waals surface area contributed by atoms with Crippen LogP contribution in [0.3, 0.4) is 0 Å². The van der Waals surface area contributed by atoms with Crippen molar-refractivity contribution < 1.29 is 34.0 Å². The molecule has 1 saturated heterocycles. The molecule has 0 amide bonds. The third kappa shape index (κ3) is 5.63. The highest BCUT2D eigenvalue weighted by molar-refractivity contribution is 14.1. The van der Waals surface area contributed by atoms with Crippen LogP contribution in [-0.2, 0) is 19.1 Å². The van der Waals surface area contributed by atoms with Crippen LogP contribution in [0.5, 0.6) is 5.75 Å². The Morgan fingerprint density at radius 2 is 1.83 bits per heavy atom. The Morgan fingerprint density at radius 3 is 2.39 bits per heavy atom. The van der Waals surface area contributed by atoms with Gasteiger partial charge < -0.3 is 24.4 Å². The zero-order valence-corrected chi connectivity index (χ0v) is 14.4. The average Bonchev–Trinajstić information content (AvgIpc) is 2.98. The van der Waals surface area contributed by atoms with Gasteiger partial charge in [0.1, 0.15) is 12.4 Å². The SMILES string of the molecule is O=C(O)CC(CC(=O)O)c1cc(OCC2OCCO2)ccc1I. The molecule has 0 spiro atoms. The lowest BCUT2D eigenvalue weighted by Crippen LogP contribution is -2.18. The van der Waals surface area contributed by atoms with Crippen molar-refractivity contribution in [2.45, 2.75) is 25.0 Å². The molecule has 0 bridgehead atoms. The maximum atomic E-state index is 11.0. The van der Waals surface area contributed by atoms with Crippen molar-refractivity contribution in [1.82, 2.24) is 0 Å². The molecular weight excluding hydrogens is 419 g/mol. The van der Waals surface area contributed by atoms with Crippen LogP contribution < -0.4 is 4.74 Å². The first-order valence-corrected chi connectivity index (χ1v) is 8.12. The minimum Gasteiger partial charge on any atom is -0.488 e. The van der Waals surface area contributed by atoms with Crippen molar-refractivity contribution in [2.75, 3.05) is 19.8 Å². The number of carbonyl (C=O) groups is 2. The van der Waals surface area contributed by atoms with E-state index in [4.69, 9.17) is 24.4 Å². The molecule has 0 aromatic heterocycles. The summed E-state index contributed by atoms with van der Waals surface area (Å²) in [5.74, 6) is -2.16. The van der Waals surface area contributed by atoms with E-state index in [2.05, 4.69) is 22.6 Å². The summed E-state index contributed by atoms with van der Waals surface area (Å²) in [5.41, 5.74) is 0.654. The Morgan fingerprint density at radius 1 is 1.22 bits per heavy atom. The van der Waals surface area contributed by atoms with Gasteiger partial charge in [0.2, 0.25) is 0 Å². The topological polar surface area (TPSA) is 102 Å². The zero-order chi connectivity index (χ0) is 16.8. The highest BCUT2D eigenvalue weighted by atomic mass is 127. The van der Waals surface area contributed by atoms with E-state index in [0.29, 0.717) is 24.5 Å². The van der Waals surface area contributed by atoms with Crippen LogP contribution in [0.25, 0.3) is 0 Å². The van der Waals surface area contributed by atoms with E-state index in [1.54, 1.807) is 18.2 Å². The number of rotatable bonds is 8. The molecule has 8 heteroatoms. The monoisotopic (exact) mass is 436 g/mol. The zero-order valence-electron chi connectivity index (χ0n) is 12.2. The summed E-state index contributed by atoms with van der Waals surface area (Å²) in [6, 6.07) is 5.21. The molecule has 0 saturated carbocycles. The largest absolute Gasteiger partial charge is 0.488 e. The van der Waals surface area contributed by atoms with Crippen LogP contribution in [0, 0.1) is 3.57 Å². The Bertz CT molecular complexity index is 553. The van der Waals surface area contributed by atoms with Gasteiger partial charge in [-0.25, -0.2) is 0 Å².